The van der Waals surface area contributed by atoms with Gasteiger partial charge in [-0.25, -0.2) is 0 Å². The van der Waals surface area contributed by atoms with E-state index in [1.54, 1.807) is 31.6 Å². The van der Waals surface area contributed by atoms with Gasteiger partial charge in [-0.2, -0.15) is 0 Å². The van der Waals surface area contributed by atoms with E-state index in [9.17, 15) is 4.79 Å². The quantitative estimate of drug-likeness (QED) is 0.304. The van der Waals surface area contributed by atoms with Crippen molar-refractivity contribution in [3.63, 3.8) is 0 Å². The molecular formula is C18H29N5O2. The molecule has 138 valence electrons. The Bertz CT molecular complexity index is 528. The fourth-order valence-corrected chi connectivity index (χ4v) is 2.83. The number of nitrogens with zero attached hydrogens (tertiary/aromatic N) is 2. The van der Waals surface area contributed by atoms with Crippen LogP contribution >= 0.6 is 0 Å². The molecule has 0 aliphatic heterocycles. The summed E-state index contributed by atoms with van der Waals surface area (Å²) in [6.07, 6.45) is 11.2. The van der Waals surface area contributed by atoms with Gasteiger partial charge in [0.1, 0.15) is 0 Å². The smallest absolute Gasteiger partial charge is 0.243 e. The van der Waals surface area contributed by atoms with Gasteiger partial charge >= 0.3 is 0 Å². The van der Waals surface area contributed by atoms with Crippen molar-refractivity contribution in [2.75, 3.05) is 32.1 Å². The highest BCUT2D eigenvalue weighted by Crippen LogP contribution is 2.19. The Kier molecular flexibility index (Phi) is 8.75. The van der Waals surface area contributed by atoms with Crippen LogP contribution in [0.25, 0.3) is 0 Å². The number of carbonyl (C=O) groups is 1. The van der Waals surface area contributed by atoms with Crippen LogP contribution < -0.4 is 16.0 Å². The molecule has 1 saturated carbocycles. The number of pyridine rings is 1. The second-order valence-electron chi connectivity index (χ2n) is 6.13. The highest BCUT2D eigenvalue weighted by molar-refractivity contribution is 5.94. The van der Waals surface area contributed by atoms with Crippen LogP contribution in [0.1, 0.15) is 38.5 Å². The van der Waals surface area contributed by atoms with Gasteiger partial charge in [0.2, 0.25) is 5.91 Å². The number of amides is 1. The third-order valence-corrected chi connectivity index (χ3v) is 4.14. The molecular weight excluding hydrogens is 318 g/mol. The predicted octanol–water partition coefficient (Wildman–Crippen LogP) is 1.92. The van der Waals surface area contributed by atoms with Crippen LogP contribution in [0.15, 0.2) is 29.5 Å². The standard InChI is InChI=1S/C18H29N5O2/c1-19-18(21-11-12-25-16-8-4-2-3-5-9-16)22-14-17(24)23-15-7-6-10-20-13-15/h6-7,10,13,16H,2-5,8-9,11-12,14H2,1H3,(H,23,24)(H2,19,21,22). The Morgan fingerprint density at radius 1 is 1.28 bits per heavy atom. The van der Waals surface area contributed by atoms with Crippen molar-refractivity contribution in [1.82, 2.24) is 15.6 Å². The summed E-state index contributed by atoms with van der Waals surface area (Å²) in [5.74, 6) is 0.441. The van der Waals surface area contributed by atoms with Gasteiger partial charge < -0.3 is 20.7 Å². The Morgan fingerprint density at radius 2 is 2.08 bits per heavy atom. The number of hydrogen-bond acceptors (Lipinski definition) is 4. The molecule has 0 bridgehead atoms. The zero-order valence-corrected chi connectivity index (χ0v) is 15.0. The van der Waals surface area contributed by atoms with Gasteiger partial charge in [-0.05, 0) is 25.0 Å². The SMILES string of the molecule is CN=C(NCCOC1CCCCCC1)NCC(=O)Nc1cccnc1. The first-order chi connectivity index (χ1) is 12.3. The van der Waals surface area contributed by atoms with Crippen molar-refractivity contribution in [3.8, 4) is 0 Å². The van der Waals surface area contributed by atoms with Crippen LogP contribution in [-0.2, 0) is 9.53 Å². The summed E-state index contributed by atoms with van der Waals surface area (Å²) >= 11 is 0. The number of aromatic nitrogens is 1. The molecule has 7 nitrogen and oxygen atoms in total. The molecule has 2 rings (SSSR count). The normalized spacial score (nSPS) is 16.1. The molecule has 1 fully saturated rings. The van der Waals surface area contributed by atoms with Crippen molar-refractivity contribution in [1.29, 1.82) is 0 Å². The van der Waals surface area contributed by atoms with Crippen molar-refractivity contribution in [3.05, 3.63) is 24.5 Å². The zero-order chi connectivity index (χ0) is 17.7. The maximum Gasteiger partial charge on any atom is 0.243 e. The largest absolute Gasteiger partial charge is 0.376 e. The van der Waals surface area contributed by atoms with Crippen LogP contribution in [0.3, 0.4) is 0 Å². The van der Waals surface area contributed by atoms with Crippen LogP contribution in [0.5, 0.6) is 0 Å². The molecule has 3 N–H and O–H groups in total. The second-order valence-corrected chi connectivity index (χ2v) is 6.13. The van der Waals surface area contributed by atoms with Crippen molar-refractivity contribution in [2.24, 2.45) is 4.99 Å². The van der Waals surface area contributed by atoms with E-state index in [2.05, 4.69) is 25.9 Å². The van der Waals surface area contributed by atoms with E-state index >= 15 is 0 Å². The average molecular weight is 347 g/mol. The Hall–Kier alpha value is -2.15. The van der Waals surface area contributed by atoms with Crippen molar-refractivity contribution >= 4 is 17.6 Å². The molecule has 0 spiro atoms. The number of anilines is 1. The van der Waals surface area contributed by atoms with Crippen LogP contribution in [0.4, 0.5) is 5.69 Å². The van der Waals surface area contributed by atoms with E-state index in [1.165, 1.54) is 38.5 Å². The Morgan fingerprint density at radius 3 is 2.76 bits per heavy atom. The first kappa shape index (κ1) is 19.2. The van der Waals surface area contributed by atoms with Gasteiger partial charge in [0.15, 0.2) is 5.96 Å². The first-order valence-corrected chi connectivity index (χ1v) is 9.04. The highest BCUT2D eigenvalue weighted by Gasteiger charge is 2.12. The van der Waals surface area contributed by atoms with Gasteiger partial charge in [-0.1, -0.05) is 25.7 Å². The molecule has 1 aliphatic rings. The highest BCUT2D eigenvalue weighted by atomic mass is 16.5. The maximum absolute atomic E-state index is 11.9. The number of hydrogen-bond donors (Lipinski definition) is 3. The lowest BCUT2D eigenvalue weighted by atomic mass is 10.1. The molecule has 1 aliphatic carbocycles. The summed E-state index contributed by atoms with van der Waals surface area (Å²) in [6, 6.07) is 3.57. The zero-order valence-electron chi connectivity index (χ0n) is 15.0. The molecule has 0 radical (unpaired) electrons. The minimum Gasteiger partial charge on any atom is -0.376 e. The van der Waals surface area contributed by atoms with Gasteiger partial charge in [0.25, 0.3) is 0 Å². The molecule has 1 heterocycles. The lowest BCUT2D eigenvalue weighted by Gasteiger charge is -2.16. The summed E-state index contributed by atoms with van der Waals surface area (Å²) in [7, 11) is 1.68. The van der Waals surface area contributed by atoms with E-state index in [4.69, 9.17) is 4.74 Å². The van der Waals surface area contributed by atoms with Crippen LogP contribution in [0, 0.1) is 0 Å². The fraction of sp³-hybridized carbons (Fsp3) is 0.611. The number of rotatable bonds is 7. The minimum absolute atomic E-state index is 0.137. The van der Waals surface area contributed by atoms with Crippen molar-refractivity contribution in [2.45, 2.75) is 44.6 Å². The average Bonchev–Trinajstić information content (AvgIpc) is 2.91. The number of nitrogens with one attached hydrogen (secondary N) is 3. The lowest BCUT2D eigenvalue weighted by molar-refractivity contribution is -0.115. The second kappa shape index (κ2) is 11.4. The third kappa shape index (κ3) is 7.98. The number of ether oxygens (including phenoxy) is 1. The summed E-state index contributed by atoms with van der Waals surface area (Å²) in [5, 5.41) is 8.92. The van der Waals surface area contributed by atoms with E-state index in [-0.39, 0.29) is 12.5 Å². The van der Waals surface area contributed by atoms with E-state index < -0.39 is 0 Å². The van der Waals surface area contributed by atoms with Gasteiger partial charge in [-0.3, -0.25) is 14.8 Å². The molecule has 7 heteroatoms. The Labute approximate surface area is 149 Å². The summed E-state index contributed by atoms with van der Waals surface area (Å²) in [5.41, 5.74) is 0.675. The molecule has 1 aromatic heterocycles. The number of guanidine groups is 1. The van der Waals surface area contributed by atoms with Crippen LogP contribution in [0.2, 0.25) is 0 Å². The van der Waals surface area contributed by atoms with E-state index in [0.717, 1.165) is 0 Å². The monoisotopic (exact) mass is 347 g/mol. The minimum atomic E-state index is -0.148. The maximum atomic E-state index is 11.9. The van der Waals surface area contributed by atoms with Gasteiger partial charge in [-0.15, -0.1) is 0 Å². The summed E-state index contributed by atoms with van der Waals surface area (Å²) in [6.45, 7) is 1.45. The molecule has 1 aromatic rings. The molecule has 0 saturated heterocycles. The van der Waals surface area contributed by atoms with Gasteiger partial charge in [0, 0.05) is 19.8 Å². The summed E-state index contributed by atoms with van der Waals surface area (Å²) in [4.78, 5) is 20.0. The fourth-order valence-electron chi connectivity index (χ4n) is 2.83. The molecule has 0 aromatic carbocycles. The molecule has 0 atom stereocenters. The predicted molar refractivity (Wildman–Crippen MR) is 99.7 cm³/mol. The first-order valence-electron chi connectivity index (χ1n) is 9.04. The Balaban J connectivity index is 1.59. The topological polar surface area (TPSA) is 87.6 Å². The van der Waals surface area contributed by atoms with Gasteiger partial charge in [0.05, 0.1) is 31.1 Å². The van der Waals surface area contributed by atoms with E-state index in [1.807, 2.05) is 0 Å². The molecule has 25 heavy (non-hydrogen) atoms. The number of carbonyl (C=O) groups excluding carboxylic acids is 1. The van der Waals surface area contributed by atoms with Crippen LogP contribution in [-0.4, -0.2) is 49.7 Å². The van der Waals surface area contributed by atoms with E-state index in [0.29, 0.717) is 30.9 Å². The van der Waals surface area contributed by atoms with Crippen molar-refractivity contribution < 1.29 is 9.53 Å². The number of aliphatic imine (C=N–C) groups is 1. The lowest BCUT2D eigenvalue weighted by Crippen LogP contribution is -2.42. The third-order valence-electron chi connectivity index (χ3n) is 4.14. The molecule has 1 amide bonds. The molecule has 0 unspecified atom stereocenters. The summed E-state index contributed by atoms with van der Waals surface area (Å²) < 4.78 is 5.93.